The molecular formula is C13H17BrN2O2. The van der Waals surface area contributed by atoms with Gasteiger partial charge >= 0.3 is 0 Å². The molecule has 1 rings (SSSR count). The first-order valence-electron chi connectivity index (χ1n) is 5.61. The van der Waals surface area contributed by atoms with E-state index in [0.29, 0.717) is 5.56 Å². The van der Waals surface area contributed by atoms with Gasteiger partial charge < -0.3 is 10.2 Å². The zero-order chi connectivity index (χ0) is 13.9. The van der Waals surface area contributed by atoms with E-state index in [9.17, 15) is 9.59 Å². The minimum atomic E-state index is -0.541. The lowest BCUT2D eigenvalue weighted by molar-refractivity contribution is -0.130. The van der Waals surface area contributed by atoms with E-state index in [1.54, 1.807) is 27.1 Å². The number of aryl methyl sites for hydroxylation is 1. The number of benzene rings is 1. The van der Waals surface area contributed by atoms with Crippen molar-refractivity contribution in [3.05, 3.63) is 33.8 Å². The van der Waals surface area contributed by atoms with Crippen molar-refractivity contribution in [3.8, 4) is 0 Å². The molecular weight excluding hydrogens is 296 g/mol. The van der Waals surface area contributed by atoms with Gasteiger partial charge in [0.25, 0.3) is 5.91 Å². The van der Waals surface area contributed by atoms with Gasteiger partial charge in [0, 0.05) is 18.6 Å². The highest BCUT2D eigenvalue weighted by Gasteiger charge is 2.19. The number of rotatable bonds is 3. The number of nitrogens with zero attached hydrogens (tertiary/aromatic N) is 1. The van der Waals surface area contributed by atoms with E-state index in [2.05, 4.69) is 21.2 Å². The number of carbonyl (C=O) groups is 2. The monoisotopic (exact) mass is 312 g/mol. The molecule has 0 aliphatic heterocycles. The van der Waals surface area contributed by atoms with Crippen LogP contribution in [0.3, 0.4) is 0 Å². The normalized spacial score (nSPS) is 11.8. The SMILES string of the molecule is Cc1ccc(C(=O)NC(C)C(=O)N(C)C)c(Br)c1. The molecule has 1 aromatic rings. The van der Waals surface area contributed by atoms with Crippen LogP contribution in [0.5, 0.6) is 0 Å². The average Bonchev–Trinajstić information content (AvgIpc) is 2.27. The summed E-state index contributed by atoms with van der Waals surface area (Å²) < 4.78 is 0.726. The van der Waals surface area contributed by atoms with Crippen molar-refractivity contribution in [2.24, 2.45) is 0 Å². The summed E-state index contributed by atoms with van der Waals surface area (Å²) in [6.07, 6.45) is 0. The van der Waals surface area contributed by atoms with Crippen LogP contribution < -0.4 is 5.32 Å². The van der Waals surface area contributed by atoms with E-state index >= 15 is 0 Å². The molecule has 98 valence electrons. The van der Waals surface area contributed by atoms with E-state index in [0.717, 1.165) is 10.0 Å². The molecule has 1 unspecified atom stereocenters. The van der Waals surface area contributed by atoms with Crippen molar-refractivity contribution in [1.82, 2.24) is 10.2 Å². The summed E-state index contributed by atoms with van der Waals surface area (Å²) in [4.78, 5) is 25.1. The third kappa shape index (κ3) is 3.57. The van der Waals surface area contributed by atoms with Gasteiger partial charge in [-0.1, -0.05) is 6.07 Å². The first-order chi connectivity index (χ1) is 8.32. The van der Waals surface area contributed by atoms with Crippen LogP contribution in [0.15, 0.2) is 22.7 Å². The zero-order valence-electron chi connectivity index (χ0n) is 11.0. The van der Waals surface area contributed by atoms with Crippen molar-refractivity contribution < 1.29 is 9.59 Å². The van der Waals surface area contributed by atoms with Crippen molar-refractivity contribution in [2.45, 2.75) is 19.9 Å². The second-order valence-corrected chi connectivity index (χ2v) is 5.27. The van der Waals surface area contributed by atoms with Gasteiger partial charge in [-0.15, -0.1) is 0 Å². The van der Waals surface area contributed by atoms with Crippen LogP contribution >= 0.6 is 15.9 Å². The van der Waals surface area contributed by atoms with Gasteiger partial charge in [0.05, 0.1) is 5.56 Å². The number of likely N-dealkylation sites (N-methyl/N-ethyl adjacent to an activating group) is 1. The molecule has 0 radical (unpaired) electrons. The Morgan fingerprint density at radius 1 is 1.33 bits per heavy atom. The first-order valence-corrected chi connectivity index (χ1v) is 6.40. The van der Waals surface area contributed by atoms with Crippen LogP contribution in [-0.2, 0) is 4.79 Å². The Morgan fingerprint density at radius 3 is 2.44 bits per heavy atom. The minimum absolute atomic E-state index is 0.133. The fraction of sp³-hybridized carbons (Fsp3) is 0.385. The summed E-state index contributed by atoms with van der Waals surface area (Å²) in [6, 6.07) is 4.92. The fourth-order valence-electron chi connectivity index (χ4n) is 1.53. The maximum atomic E-state index is 12.0. The lowest BCUT2D eigenvalue weighted by Gasteiger charge is -2.18. The molecule has 1 atom stereocenters. The van der Waals surface area contributed by atoms with Gasteiger partial charge in [-0.25, -0.2) is 0 Å². The largest absolute Gasteiger partial charge is 0.347 e. The quantitative estimate of drug-likeness (QED) is 0.927. The van der Waals surface area contributed by atoms with Gasteiger partial charge in [0.15, 0.2) is 0 Å². The van der Waals surface area contributed by atoms with Crippen molar-refractivity contribution in [1.29, 1.82) is 0 Å². The van der Waals surface area contributed by atoms with Gasteiger partial charge in [0.1, 0.15) is 6.04 Å². The van der Waals surface area contributed by atoms with Crippen LogP contribution in [0, 0.1) is 6.92 Å². The Labute approximate surface area is 115 Å². The maximum absolute atomic E-state index is 12.0. The van der Waals surface area contributed by atoms with E-state index < -0.39 is 6.04 Å². The first kappa shape index (κ1) is 14.7. The summed E-state index contributed by atoms with van der Waals surface area (Å²) in [5.41, 5.74) is 1.59. The molecule has 0 fully saturated rings. The second-order valence-electron chi connectivity index (χ2n) is 4.41. The summed E-state index contributed by atoms with van der Waals surface area (Å²) in [5, 5.41) is 2.68. The number of hydrogen-bond donors (Lipinski definition) is 1. The predicted octanol–water partition coefficient (Wildman–Crippen LogP) is 1.96. The third-order valence-corrected chi connectivity index (χ3v) is 3.18. The number of halogens is 1. The lowest BCUT2D eigenvalue weighted by Crippen LogP contribution is -2.44. The summed E-state index contributed by atoms with van der Waals surface area (Å²) >= 11 is 3.35. The third-order valence-electron chi connectivity index (χ3n) is 2.53. The molecule has 0 aliphatic carbocycles. The smallest absolute Gasteiger partial charge is 0.253 e. The molecule has 0 spiro atoms. The molecule has 2 amide bonds. The Balaban J connectivity index is 2.80. The Kier molecular flexibility index (Phi) is 4.90. The van der Waals surface area contributed by atoms with Gasteiger partial charge in [0.2, 0.25) is 5.91 Å². The second kappa shape index (κ2) is 6.00. The summed E-state index contributed by atoms with van der Waals surface area (Å²) in [7, 11) is 3.32. The van der Waals surface area contributed by atoms with Crippen LogP contribution in [-0.4, -0.2) is 36.9 Å². The molecule has 0 aliphatic rings. The topological polar surface area (TPSA) is 49.4 Å². The van der Waals surface area contributed by atoms with Crippen molar-refractivity contribution in [3.63, 3.8) is 0 Å². The number of nitrogens with one attached hydrogen (secondary N) is 1. The van der Waals surface area contributed by atoms with Crippen molar-refractivity contribution >= 4 is 27.7 Å². The highest BCUT2D eigenvalue weighted by Crippen LogP contribution is 2.18. The zero-order valence-corrected chi connectivity index (χ0v) is 12.5. The van der Waals surface area contributed by atoms with E-state index in [-0.39, 0.29) is 11.8 Å². The number of hydrogen-bond acceptors (Lipinski definition) is 2. The summed E-state index contributed by atoms with van der Waals surface area (Å²) in [5.74, 6) is -0.392. The van der Waals surface area contributed by atoms with Gasteiger partial charge in [-0.3, -0.25) is 9.59 Å². The van der Waals surface area contributed by atoms with Crippen molar-refractivity contribution in [2.75, 3.05) is 14.1 Å². The molecule has 0 bridgehead atoms. The molecule has 18 heavy (non-hydrogen) atoms. The predicted molar refractivity (Wildman–Crippen MR) is 74.5 cm³/mol. The standard InChI is InChI=1S/C13H17BrN2O2/c1-8-5-6-10(11(14)7-8)12(17)15-9(2)13(18)16(3)4/h5-7,9H,1-4H3,(H,15,17). The Morgan fingerprint density at radius 2 is 1.94 bits per heavy atom. The summed E-state index contributed by atoms with van der Waals surface area (Å²) in [6.45, 7) is 3.62. The molecule has 4 nitrogen and oxygen atoms in total. The van der Waals surface area contributed by atoms with E-state index in [4.69, 9.17) is 0 Å². The lowest BCUT2D eigenvalue weighted by atomic mass is 10.1. The molecule has 1 N–H and O–H groups in total. The van der Waals surface area contributed by atoms with Crippen LogP contribution in [0.2, 0.25) is 0 Å². The number of carbonyl (C=O) groups excluding carboxylic acids is 2. The molecule has 5 heteroatoms. The average molecular weight is 313 g/mol. The molecule has 1 aromatic carbocycles. The van der Waals surface area contributed by atoms with E-state index in [1.165, 1.54) is 4.90 Å². The van der Waals surface area contributed by atoms with Gasteiger partial charge in [-0.05, 0) is 47.5 Å². The maximum Gasteiger partial charge on any atom is 0.253 e. The van der Waals surface area contributed by atoms with Gasteiger partial charge in [-0.2, -0.15) is 0 Å². The highest BCUT2D eigenvalue weighted by atomic mass is 79.9. The molecule has 0 saturated carbocycles. The molecule has 0 aromatic heterocycles. The molecule has 0 heterocycles. The minimum Gasteiger partial charge on any atom is -0.347 e. The molecule has 0 saturated heterocycles. The highest BCUT2D eigenvalue weighted by molar-refractivity contribution is 9.10. The fourth-order valence-corrected chi connectivity index (χ4v) is 2.20. The van der Waals surface area contributed by atoms with Crippen LogP contribution in [0.1, 0.15) is 22.8 Å². The Hall–Kier alpha value is -1.36. The number of amides is 2. The Bertz CT molecular complexity index is 472. The van der Waals surface area contributed by atoms with E-state index in [1.807, 2.05) is 19.1 Å². The van der Waals surface area contributed by atoms with Crippen LogP contribution in [0.25, 0.3) is 0 Å². The van der Waals surface area contributed by atoms with Crippen LogP contribution in [0.4, 0.5) is 0 Å².